The van der Waals surface area contributed by atoms with E-state index in [1.807, 2.05) is 0 Å². The first-order valence-electron chi connectivity index (χ1n) is 17.9. The molecule has 0 unspecified atom stereocenters. The Morgan fingerprint density at radius 1 is 0.500 bits per heavy atom. The molecule has 9 aromatic rings. The minimum absolute atomic E-state index is 0.679. The van der Waals surface area contributed by atoms with E-state index in [2.05, 4.69) is 187 Å². The maximum absolute atomic E-state index is 6.38. The van der Waals surface area contributed by atoms with Crippen LogP contribution in [0.1, 0.15) is 17.7 Å². The zero-order valence-electron chi connectivity index (χ0n) is 28.5. The average Bonchev–Trinajstić information content (AvgIpc) is 3.57. The maximum Gasteiger partial charge on any atom is 0.227 e. The summed E-state index contributed by atoms with van der Waals surface area (Å²) in [6, 6.07) is 61.2. The van der Waals surface area contributed by atoms with Gasteiger partial charge in [-0.2, -0.15) is 0 Å². The molecule has 0 bridgehead atoms. The number of hydrogen-bond acceptors (Lipinski definition) is 3. The van der Waals surface area contributed by atoms with E-state index in [9.17, 15) is 0 Å². The number of benzene rings is 7. The fraction of sp³-hybridized carbons (Fsp3) is 0.0408. The summed E-state index contributed by atoms with van der Waals surface area (Å²) in [5, 5.41) is 4.55. The average molecular weight is 667 g/mol. The number of allylic oxidation sites excluding steroid dienone is 1. The zero-order valence-corrected chi connectivity index (χ0v) is 28.5. The molecule has 3 nitrogen and oxygen atoms in total. The van der Waals surface area contributed by atoms with Crippen LogP contribution in [0, 0.1) is 0 Å². The second-order valence-electron chi connectivity index (χ2n) is 13.5. The topological polar surface area (TPSA) is 29.3 Å². The fourth-order valence-electron chi connectivity index (χ4n) is 7.76. The minimum Gasteiger partial charge on any atom is -0.438 e. The first-order chi connectivity index (χ1) is 25.8. The number of aromatic nitrogens is 1. The number of rotatable bonds is 6. The third-order valence-electron chi connectivity index (χ3n) is 10.3. The molecule has 7 aromatic carbocycles. The second kappa shape index (κ2) is 12.6. The van der Waals surface area contributed by atoms with Gasteiger partial charge in [0.25, 0.3) is 0 Å². The Kier molecular flexibility index (Phi) is 7.28. The molecular formula is C49H34N2O. The zero-order chi connectivity index (χ0) is 34.4. The van der Waals surface area contributed by atoms with Crippen LogP contribution in [0.5, 0.6) is 0 Å². The molecule has 1 aliphatic carbocycles. The van der Waals surface area contributed by atoms with Crippen LogP contribution in [0.2, 0.25) is 0 Å². The van der Waals surface area contributed by atoms with Crippen molar-refractivity contribution in [1.82, 2.24) is 4.98 Å². The highest BCUT2D eigenvalue weighted by molar-refractivity contribution is 6.07. The first kappa shape index (κ1) is 30.1. The molecule has 52 heavy (non-hydrogen) atoms. The predicted molar refractivity (Wildman–Crippen MR) is 217 cm³/mol. The Hall–Kier alpha value is -6.71. The summed E-state index contributed by atoms with van der Waals surface area (Å²) in [5.41, 5.74) is 14.1. The molecule has 0 spiro atoms. The molecule has 0 atom stereocenters. The third-order valence-corrected chi connectivity index (χ3v) is 10.3. The van der Waals surface area contributed by atoms with E-state index < -0.39 is 0 Å². The highest BCUT2D eigenvalue weighted by atomic mass is 16.3. The normalized spacial score (nSPS) is 12.4. The highest BCUT2D eigenvalue weighted by Crippen LogP contribution is 2.46. The molecule has 246 valence electrons. The Labute approximate surface area is 302 Å². The van der Waals surface area contributed by atoms with Crippen LogP contribution < -0.4 is 4.90 Å². The molecule has 3 heteroatoms. The summed E-state index contributed by atoms with van der Waals surface area (Å²) >= 11 is 0. The lowest BCUT2D eigenvalue weighted by Gasteiger charge is -2.29. The van der Waals surface area contributed by atoms with Gasteiger partial charge >= 0.3 is 0 Å². The van der Waals surface area contributed by atoms with Gasteiger partial charge in [-0.25, -0.2) is 4.98 Å². The van der Waals surface area contributed by atoms with E-state index in [1.54, 1.807) is 0 Å². The molecule has 10 rings (SSSR count). The number of pyridine rings is 1. The Morgan fingerprint density at radius 2 is 1.21 bits per heavy atom. The van der Waals surface area contributed by atoms with E-state index in [4.69, 9.17) is 9.40 Å². The van der Waals surface area contributed by atoms with Crippen molar-refractivity contribution in [2.24, 2.45) is 0 Å². The van der Waals surface area contributed by atoms with Gasteiger partial charge in [-0.15, -0.1) is 0 Å². The lowest BCUT2D eigenvalue weighted by Crippen LogP contribution is -2.11. The van der Waals surface area contributed by atoms with Gasteiger partial charge in [0.2, 0.25) is 5.71 Å². The van der Waals surface area contributed by atoms with Gasteiger partial charge in [0.15, 0.2) is 0 Å². The van der Waals surface area contributed by atoms with Gasteiger partial charge in [0.1, 0.15) is 5.58 Å². The molecule has 2 heterocycles. The maximum atomic E-state index is 6.38. The van der Waals surface area contributed by atoms with Crippen molar-refractivity contribution in [2.75, 3.05) is 4.90 Å². The molecule has 0 fully saturated rings. The van der Waals surface area contributed by atoms with E-state index in [0.717, 1.165) is 63.1 Å². The summed E-state index contributed by atoms with van der Waals surface area (Å²) in [6.45, 7) is 0. The van der Waals surface area contributed by atoms with Crippen molar-refractivity contribution < 1.29 is 4.42 Å². The molecule has 0 aliphatic heterocycles. The fourth-order valence-corrected chi connectivity index (χ4v) is 7.76. The van der Waals surface area contributed by atoms with Crippen molar-refractivity contribution in [1.29, 1.82) is 0 Å². The van der Waals surface area contributed by atoms with Crippen molar-refractivity contribution in [2.45, 2.75) is 12.8 Å². The van der Waals surface area contributed by atoms with Crippen LogP contribution >= 0.6 is 0 Å². The van der Waals surface area contributed by atoms with Gasteiger partial charge in [0.05, 0.1) is 11.4 Å². The van der Waals surface area contributed by atoms with Gasteiger partial charge < -0.3 is 9.32 Å². The van der Waals surface area contributed by atoms with Gasteiger partial charge in [-0.05, 0) is 112 Å². The number of hydrogen-bond donors (Lipinski definition) is 0. The van der Waals surface area contributed by atoms with Crippen LogP contribution in [-0.2, 0) is 6.42 Å². The molecule has 1 aliphatic rings. The van der Waals surface area contributed by atoms with E-state index in [-0.39, 0.29) is 0 Å². The number of aryl methyl sites for hydroxylation is 1. The second-order valence-corrected chi connectivity index (χ2v) is 13.5. The molecule has 0 radical (unpaired) electrons. The number of fused-ring (bicyclic) bond motifs is 5. The quantitative estimate of drug-likeness (QED) is 0.177. The summed E-state index contributed by atoms with van der Waals surface area (Å²) in [6.07, 6.45) is 6.33. The van der Waals surface area contributed by atoms with Crippen LogP contribution in [-0.4, -0.2) is 4.98 Å². The van der Waals surface area contributed by atoms with Crippen LogP contribution in [0.25, 0.3) is 72.3 Å². The number of furan rings is 1. The molecule has 0 amide bonds. The first-order valence-corrected chi connectivity index (χ1v) is 17.9. The molecule has 2 aromatic heterocycles. The van der Waals surface area contributed by atoms with Crippen LogP contribution in [0.3, 0.4) is 0 Å². The van der Waals surface area contributed by atoms with Gasteiger partial charge in [-0.3, -0.25) is 0 Å². The van der Waals surface area contributed by atoms with E-state index >= 15 is 0 Å². The summed E-state index contributed by atoms with van der Waals surface area (Å²) in [5.74, 6) is 0. The third kappa shape index (κ3) is 5.26. The molecule has 0 saturated heterocycles. The SMILES string of the molecule is C1=Cc2nc3oc4ccc(N(c5cccc(-c6ccccc6)c5)c5ccc(-c6ccccc6)cc5-c5cccc6ccccc56)cc4c3cc2CC1. The lowest BCUT2D eigenvalue weighted by molar-refractivity contribution is 0.653. The Bertz CT molecular complexity index is 2790. The molecular weight excluding hydrogens is 633 g/mol. The highest BCUT2D eigenvalue weighted by Gasteiger charge is 2.22. The van der Waals surface area contributed by atoms with E-state index in [1.165, 1.54) is 38.6 Å². The summed E-state index contributed by atoms with van der Waals surface area (Å²) in [7, 11) is 0. The van der Waals surface area contributed by atoms with Crippen molar-refractivity contribution >= 4 is 56.0 Å². The lowest BCUT2D eigenvalue weighted by atomic mass is 9.92. The van der Waals surface area contributed by atoms with Crippen LogP contribution in [0.15, 0.2) is 180 Å². The van der Waals surface area contributed by atoms with E-state index in [0.29, 0.717) is 5.71 Å². The number of anilines is 3. The molecule has 0 N–H and O–H groups in total. The number of nitrogens with zero attached hydrogens (tertiary/aromatic N) is 2. The Morgan fingerprint density at radius 3 is 2.06 bits per heavy atom. The largest absolute Gasteiger partial charge is 0.438 e. The monoisotopic (exact) mass is 666 g/mol. The van der Waals surface area contributed by atoms with Crippen molar-refractivity contribution in [3.63, 3.8) is 0 Å². The Balaban J connectivity index is 1.25. The van der Waals surface area contributed by atoms with Crippen LogP contribution in [0.4, 0.5) is 17.1 Å². The smallest absolute Gasteiger partial charge is 0.227 e. The summed E-state index contributed by atoms with van der Waals surface area (Å²) in [4.78, 5) is 7.35. The van der Waals surface area contributed by atoms with Crippen molar-refractivity contribution in [3.05, 3.63) is 187 Å². The predicted octanol–water partition coefficient (Wildman–Crippen LogP) is 13.6. The standard InChI is InChI=1S/C49H34N2O/c1-3-13-33(14-4-1)36-20-11-21-39(29-36)51(40-26-28-48-44(32-40)45-31-38-18-8-10-24-46(38)50-49(45)52-48)47-27-25-37(34-15-5-2-6-16-34)30-43(47)42-23-12-19-35-17-7-9-22-41(35)42/h1-7,9-17,19-32H,8,18H2. The minimum atomic E-state index is 0.679. The summed E-state index contributed by atoms with van der Waals surface area (Å²) < 4.78 is 6.38. The van der Waals surface area contributed by atoms with Gasteiger partial charge in [0, 0.05) is 27.7 Å². The molecule has 0 saturated carbocycles. The van der Waals surface area contributed by atoms with Gasteiger partial charge in [-0.1, -0.05) is 127 Å². The van der Waals surface area contributed by atoms with Crippen molar-refractivity contribution in [3.8, 4) is 33.4 Å².